The molecule has 0 saturated heterocycles. The minimum atomic E-state index is -3.67. The maximum absolute atomic E-state index is 13.9. The van der Waals surface area contributed by atoms with E-state index in [1.165, 1.54) is 12.1 Å². The maximum Gasteiger partial charge on any atom is 0.256 e. The van der Waals surface area contributed by atoms with Crippen LogP contribution >= 0.6 is 0 Å². The van der Waals surface area contributed by atoms with Crippen LogP contribution in [0.15, 0.2) is 53.4 Å². The van der Waals surface area contributed by atoms with Crippen molar-refractivity contribution in [1.82, 2.24) is 9.97 Å². The predicted octanol–water partition coefficient (Wildman–Crippen LogP) is 2.46. The molecule has 1 aromatic heterocycles. The summed E-state index contributed by atoms with van der Waals surface area (Å²) in [5, 5.41) is 8.01. The molecule has 0 fully saturated rings. The highest BCUT2D eigenvalue weighted by molar-refractivity contribution is 7.89. The van der Waals surface area contributed by atoms with E-state index < -0.39 is 16.0 Å². The van der Waals surface area contributed by atoms with E-state index in [2.05, 4.69) is 15.3 Å². The van der Waals surface area contributed by atoms with Crippen molar-refractivity contribution in [2.24, 2.45) is 5.14 Å². The van der Waals surface area contributed by atoms with Gasteiger partial charge in [-0.25, -0.2) is 23.5 Å². The van der Waals surface area contributed by atoms with Gasteiger partial charge in [-0.15, -0.1) is 0 Å². The average molecular weight is 360 g/mol. The second kappa shape index (κ2) is 7.12. The van der Waals surface area contributed by atoms with Gasteiger partial charge >= 0.3 is 0 Å². The SMILES string of the molecule is NS(=O)(=O)c1ccc(CCCNc2nc3ccccc3nc2F)cc1. The van der Waals surface area contributed by atoms with Crippen molar-refractivity contribution in [3.8, 4) is 0 Å². The number of fused-ring (bicyclic) bond motifs is 1. The number of nitrogens with two attached hydrogens (primary N) is 1. The Balaban J connectivity index is 1.57. The fraction of sp³-hybridized carbons (Fsp3) is 0.176. The van der Waals surface area contributed by atoms with Crippen LogP contribution in [0.2, 0.25) is 0 Å². The van der Waals surface area contributed by atoms with Crippen molar-refractivity contribution < 1.29 is 12.8 Å². The summed E-state index contributed by atoms with van der Waals surface area (Å²) in [6.07, 6.45) is 1.43. The number of nitrogens with one attached hydrogen (secondary N) is 1. The van der Waals surface area contributed by atoms with E-state index in [4.69, 9.17) is 5.14 Å². The first-order valence-corrected chi connectivity index (χ1v) is 9.26. The Hall–Kier alpha value is -2.58. The molecular weight excluding hydrogens is 343 g/mol. The highest BCUT2D eigenvalue weighted by atomic mass is 32.2. The highest BCUT2D eigenvalue weighted by Gasteiger charge is 2.08. The molecule has 8 heteroatoms. The summed E-state index contributed by atoms with van der Waals surface area (Å²) in [5.41, 5.74) is 2.12. The number of sulfonamides is 1. The molecule has 0 aliphatic carbocycles. The normalized spacial score (nSPS) is 11.6. The van der Waals surface area contributed by atoms with E-state index in [0.29, 0.717) is 24.0 Å². The first-order valence-electron chi connectivity index (χ1n) is 7.71. The monoisotopic (exact) mass is 360 g/mol. The Morgan fingerprint density at radius 3 is 2.28 bits per heavy atom. The Morgan fingerprint density at radius 1 is 1.00 bits per heavy atom. The van der Waals surface area contributed by atoms with Crippen LogP contribution in [0.5, 0.6) is 0 Å². The Morgan fingerprint density at radius 2 is 1.64 bits per heavy atom. The number of nitrogens with zero attached hydrogens (tertiary/aromatic N) is 2. The lowest BCUT2D eigenvalue weighted by molar-refractivity contribution is 0.586. The molecule has 0 aliphatic heterocycles. The van der Waals surface area contributed by atoms with Crippen molar-refractivity contribution in [1.29, 1.82) is 0 Å². The van der Waals surface area contributed by atoms with Gasteiger partial charge in [-0.3, -0.25) is 0 Å². The van der Waals surface area contributed by atoms with Crippen molar-refractivity contribution in [3.05, 3.63) is 60.0 Å². The molecule has 6 nitrogen and oxygen atoms in total. The van der Waals surface area contributed by atoms with Crippen molar-refractivity contribution >= 4 is 26.9 Å². The van der Waals surface area contributed by atoms with E-state index in [-0.39, 0.29) is 10.7 Å². The molecule has 3 rings (SSSR count). The molecule has 2 aromatic carbocycles. The lowest BCUT2D eigenvalue weighted by Crippen LogP contribution is -2.12. The molecule has 0 spiro atoms. The molecule has 0 atom stereocenters. The maximum atomic E-state index is 13.9. The minimum Gasteiger partial charge on any atom is -0.366 e. The fourth-order valence-corrected chi connectivity index (χ4v) is 2.95. The summed E-state index contributed by atoms with van der Waals surface area (Å²) in [5.74, 6) is -0.500. The van der Waals surface area contributed by atoms with Gasteiger partial charge in [0.2, 0.25) is 10.0 Å². The zero-order valence-electron chi connectivity index (χ0n) is 13.3. The van der Waals surface area contributed by atoms with Crippen LogP contribution in [0.4, 0.5) is 10.2 Å². The van der Waals surface area contributed by atoms with E-state index >= 15 is 0 Å². The summed E-state index contributed by atoms with van der Waals surface area (Å²) in [7, 11) is -3.67. The average Bonchev–Trinajstić information content (AvgIpc) is 2.58. The summed E-state index contributed by atoms with van der Waals surface area (Å²) >= 11 is 0. The molecular formula is C17H17FN4O2S. The molecule has 0 radical (unpaired) electrons. The Bertz CT molecular complexity index is 991. The third-order valence-corrected chi connectivity index (χ3v) is 4.64. The number of para-hydroxylation sites is 2. The molecule has 1 heterocycles. The van der Waals surface area contributed by atoms with Gasteiger partial charge < -0.3 is 5.32 Å². The predicted molar refractivity (Wildman–Crippen MR) is 94.1 cm³/mol. The zero-order chi connectivity index (χ0) is 17.9. The third-order valence-electron chi connectivity index (χ3n) is 3.71. The van der Waals surface area contributed by atoms with Crippen LogP contribution in [0.25, 0.3) is 11.0 Å². The van der Waals surface area contributed by atoms with Gasteiger partial charge in [-0.1, -0.05) is 24.3 Å². The summed E-state index contributed by atoms with van der Waals surface area (Å²) in [6, 6.07) is 13.5. The summed E-state index contributed by atoms with van der Waals surface area (Å²) in [4.78, 5) is 8.20. The lowest BCUT2D eigenvalue weighted by Gasteiger charge is -2.08. The van der Waals surface area contributed by atoms with E-state index in [1.807, 2.05) is 6.07 Å². The Kier molecular flexibility index (Phi) is 4.91. The number of hydrogen-bond donors (Lipinski definition) is 2. The first-order chi connectivity index (χ1) is 11.9. The van der Waals surface area contributed by atoms with Gasteiger partial charge in [0.25, 0.3) is 5.95 Å². The quantitative estimate of drug-likeness (QED) is 0.658. The van der Waals surface area contributed by atoms with Gasteiger partial charge in [-0.2, -0.15) is 4.39 Å². The number of hydrogen-bond acceptors (Lipinski definition) is 5. The molecule has 0 amide bonds. The van der Waals surface area contributed by atoms with Crippen LogP contribution in [0, 0.1) is 5.95 Å². The standard InChI is InChI=1S/C17H17FN4O2S/c18-16-17(22-15-6-2-1-5-14(15)21-16)20-11-3-4-12-7-9-13(10-8-12)25(19,23)24/h1-2,5-10H,3-4,11H2,(H,20,22)(H2,19,23,24). The van der Waals surface area contributed by atoms with Crippen LogP contribution in [-0.2, 0) is 16.4 Å². The van der Waals surface area contributed by atoms with E-state index in [1.54, 1.807) is 30.3 Å². The van der Waals surface area contributed by atoms with Crippen molar-refractivity contribution in [2.75, 3.05) is 11.9 Å². The summed E-state index contributed by atoms with van der Waals surface area (Å²) in [6.45, 7) is 0.515. The van der Waals surface area contributed by atoms with Crippen molar-refractivity contribution in [2.45, 2.75) is 17.7 Å². The zero-order valence-corrected chi connectivity index (χ0v) is 14.1. The third kappa shape index (κ3) is 4.28. The Labute approximate surface area is 145 Å². The molecule has 25 heavy (non-hydrogen) atoms. The molecule has 130 valence electrons. The number of aromatic nitrogens is 2. The number of aryl methyl sites for hydroxylation is 1. The van der Waals surface area contributed by atoms with Gasteiger partial charge in [0.15, 0.2) is 5.82 Å². The van der Waals surface area contributed by atoms with Gasteiger partial charge in [0, 0.05) is 6.54 Å². The number of halogens is 1. The van der Waals surface area contributed by atoms with Gasteiger partial charge in [0.05, 0.1) is 15.9 Å². The molecule has 3 N–H and O–H groups in total. The van der Waals surface area contributed by atoms with Crippen LogP contribution in [0.1, 0.15) is 12.0 Å². The lowest BCUT2D eigenvalue weighted by atomic mass is 10.1. The van der Waals surface area contributed by atoms with E-state index in [0.717, 1.165) is 12.0 Å². The minimum absolute atomic E-state index is 0.0860. The fourth-order valence-electron chi connectivity index (χ4n) is 2.44. The number of rotatable bonds is 6. The van der Waals surface area contributed by atoms with Crippen molar-refractivity contribution in [3.63, 3.8) is 0 Å². The molecule has 0 unspecified atom stereocenters. The molecule has 0 bridgehead atoms. The van der Waals surface area contributed by atoms with Gasteiger partial charge in [0.1, 0.15) is 0 Å². The largest absolute Gasteiger partial charge is 0.366 e. The highest BCUT2D eigenvalue weighted by Crippen LogP contribution is 2.16. The summed E-state index contributed by atoms with van der Waals surface area (Å²) < 4.78 is 36.3. The second-order valence-electron chi connectivity index (χ2n) is 5.57. The number of anilines is 1. The van der Waals surface area contributed by atoms with E-state index in [9.17, 15) is 12.8 Å². The molecule has 0 saturated carbocycles. The second-order valence-corrected chi connectivity index (χ2v) is 7.13. The topological polar surface area (TPSA) is 98.0 Å². The molecule has 0 aliphatic rings. The van der Waals surface area contributed by atoms with Crippen LogP contribution in [0.3, 0.4) is 0 Å². The first kappa shape index (κ1) is 17.2. The van der Waals surface area contributed by atoms with Crippen LogP contribution < -0.4 is 10.5 Å². The number of primary sulfonamides is 1. The number of benzene rings is 2. The van der Waals surface area contributed by atoms with Gasteiger partial charge in [-0.05, 0) is 42.7 Å². The smallest absolute Gasteiger partial charge is 0.256 e. The van der Waals surface area contributed by atoms with Crippen LogP contribution in [-0.4, -0.2) is 24.9 Å². The molecule has 3 aromatic rings.